The number of hydrogen-bond acceptors (Lipinski definition) is 4. The smallest absolute Gasteiger partial charge is 0.137 e. The van der Waals surface area contributed by atoms with Crippen molar-refractivity contribution in [1.29, 1.82) is 0 Å². The van der Waals surface area contributed by atoms with Gasteiger partial charge in [-0.1, -0.05) is 12.1 Å². The Kier molecular flexibility index (Phi) is 4.15. The lowest BCUT2D eigenvalue weighted by molar-refractivity contribution is 0.499. The number of nitrogens with zero attached hydrogens (tertiary/aromatic N) is 1. The van der Waals surface area contributed by atoms with Gasteiger partial charge >= 0.3 is 0 Å². The SMILES string of the molecule is Fc1cccc2c1SCCC2NCCc1cscn1. The maximum Gasteiger partial charge on any atom is 0.137 e. The number of thioether (sulfide) groups is 1. The molecule has 0 fully saturated rings. The summed E-state index contributed by atoms with van der Waals surface area (Å²) in [6.07, 6.45) is 1.98. The van der Waals surface area contributed by atoms with Crippen LogP contribution >= 0.6 is 23.1 Å². The van der Waals surface area contributed by atoms with Gasteiger partial charge in [0.25, 0.3) is 0 Å². The summed E-state index contributed by atoms with van der Waals surface area (Å²) in [4.78, 5) is 5.09. The van der Waals surface area contributed by atoms with Gasteiger partial charge in [-0.25, -0.2) is 9.37 Å². The molecule has 1 aliphatic heterocycles. The number of halogens is 1. The van der Waals surface area contributed by atoms with Crippen LogP contribution in [0.3, 0.4) is 0 Å². The van der Waals surface area contributed by atoms with Crippen LogP contribution < -0.4 is 5.32 Å². The third-order valence-electron chi connectivity index (χ3n) is 3.28. The normalized spacial score (nSPS) is 18.3. The van der Waals surface area contributed by atoms with Crippen LogP contribution in [-0.4, -0.2) is 17.3 Å². The van der Waals surface area contributed by atoms with Gasteiger partial charge in [0.05, 0.1) is 11.2 Å². The van der Waals surface area contributed by atoms with E-state index in [0.29, 0.717) is 0 Å². The van der Waals surface area contributed by atoms with Crippen LogP contribution in [0.4, 0.5) is 4.39 Å². The quantitative estimate of drug-likeness (QED) is 0.931. The molecule has 1 aromatic heterocycles. The molecule has 0 aliphatic carbocycles. The number of hydrogen-bond donors (Lipinski definition) is 1. The summed E-state index contributed by atoms with van der Waals surface area (Å²) in [7, 11) is 0. The molecule has 19 heavy (non-hydrogen) atoms. The second-order valence-electron chi connectivity index (χ2n) is 4.53. The first-order valence-electron chi connectivity index (χ1n) is 6.36. The molecule has 0 radical (unpaired) electrons. The molecule has 2 heterocycles. The van der Waals surface area contributed by atoms with E-state index in [1.165, 1.54) is 0 Å². The van der Waals surface area contributed by atoms with Crippen molar-refractivity contribution in [3.63, 3.8) is 0 Å². The first kappa shape index (κ1) is 13.1. The van der Waals surface area contributed by atoms with Crippen molar-refractivity contribution < 1.29 is 4.39 Å². The summed E-state index contributed by atoms with van der Waals surface area (Å²) in [5.41, 5.74) is 4.09. The van der Waals surface area contributed by atoms with Gasteiger partial charge in [-0.2, -0.15) is 0 Å². The van der Waals surface area contributed by atoms with Crippen LogP contribution in [0.5, 0.6) is 0 Å². The highest BCUT2D eigenvalue weighted by atomic mass is 32.2. The van der Waals surface area contributed by atoms with Crippen LogP contribution in [0.2, 0.25) is 0 Å². The van der Waals surface area contributed by atoms with E-state index in [-0.39, 0.29) is 11.9 Å². The fourth-order valence-corrected chi connectivity index (χ4v) is 4.07. The molecule has 1 unspecified atom stereocenters. The lowest BCUT2D eigenvalue weighted by Gasteiger charge is -2.26. The van der Waals surface area contributed by atoms with Crippen molar-refractivity contribution in [3.8, 4) is 0 Å². The number of thiazole rings is 1. The summed E-state index contributed by atoms with van der Waals surface area (Å²) >= 11 is 3.25. The Labute approximate surface area is 120 Å². The molecule has 5 heteroatoms. The van der Waals surface area contributed by atoms with E-state index in [0.717, 1.165) is 41.3 Å². The van der Waals surface area contributed by atoms with Gasteiger partial charge in [-0.05, 0) is 23.8 Å². The molecule has 1 atom stereocenters. The van der Waals surface area contributed by atoms with Crippen molar-refractivity contribution in [1.82, 2.24) is 10.3 Å². The number of rotatable bonds is 4. The summed E-state index contributed by atoms with van der Waals surface area (Å²) in [5.74, 6) is 0.885. The molecule has 0 spiro atoms. The second kappa shape index (κ2) is 6.03. The largest absolute Gasteiger partial charge is 0.309 e. The molecular weight excluding hydrogens is 279 g/mol. The molecule has 2 nitrogen and oxygen atoms in total. The second-order valence-corrected chi connectivity index (χ2v) is 6.36. The number of fused-ring (bicyclic) bond motifs is 1. The first-order chi connectivity index (χ1) is 9.34. The standard InChI is InChI=1S/C14H15FN2S2/c15-12-3-1-2-11-13(5-7-19-14(11)12)16-6-4-10-8-18-9-17-10/h1-3,8-9,13,16H,4-7H2. The molecule has 3 rings (SSSR count). The molecule has 0 bridgehead atoms. The molecule has 1 N–H and O–H groups in total. The summed E-state index contributed by atoms with van der Waals surface area (Å²) < 4.78 is 13.7. The van der Waals surface area contributed by atoms with Gasteiger partial charge < -0.3 is 5.32 Å². The van der Waals surface area contributed by atoms with Gasteiger partial charge in [0, 0.05) is 29.3 Å². The Morgan fingerprint density at radius 3 is 3.21 bits per heavy atom. The number of benzene rings is 1. The molecule has 0 saturated carbocycles. The Morgan fingerprint density at radius 2 is 2.37 bits per heavy atom. The van der Waals surface area contributed by atoms with Crippen molar-refractivity contribution >= 4 is 23.1 Å². The zero-order valence-electron chi connectivity index (χ0n) is 10.4. The van der Waals surface area contributed by atoms with E-state index in [2.05, 4.69) is 15.7 Å². The van der Waals surface area contributed by atoms with Crippen molar-refractivity contribution in [2.45, 2.75) is 23.8 Å². The minimum Gasteiger partial charge on any atom is -0.309 e. The van der Waals surface area contributed by atoms with E-state index < -0.39 is 0 Å². The third-order valence-corrected chi connectivity index (χ3v) is 5.08. The van der Waals surface area contributed by atoms with Gasteiger partial charge in [0.1, 0.15) is 5.82 Å². The fourth-order valence-electron chi connectivity index (χ4n) is 2.33. The van der Waals surface area contributed by atoms with E-state index in [1.54, 1.807) is 35.2 Å². The fraction of sp³-hybridized carbons (Fsp3) is 0.357. The van der Waals surface area contributed by atoms with Gasteiger partial charge in [-0.3, -0.25) is 0 Å². The van der Waals surface area contributed by atoms with E-state index in [9.17, 15) is 4.39 Å². The number of aromatic nitrogens is 1. The monoisotopic (exact) mass is 294 g/mol. The van der Waals surface area contributed by atoms with Crippen molar-refractivity contribution in [2.24, 2.45) is 0 Å². The predicted octanol–water partition coefficient (Wildman–Crippen LogP) is 3.65. The molecule has 1 aliphatic rings. The predicted molar refractivity (Wildman–Crippen MR) is 78.3 cm³/mol. The summed E-state index contributed by atoms with van der Waals surface area (Å²) in [6.45, 7) is 0.884. The maximum atomic E-state index is 13.7. The molecular formula is C14H15FN2S2. The van der Waals surface area contributed by atoms with Crippen LogP contribution in [0.25, 0.3) is 0 Å². The highest BCUT2D eigenvalue weighted by Gasteiger charge is 2.22. The highest BCUT2D eigenvalue weighted by molar-refractivity contribution is 7.99. The highest BCUT2D eigenvalue weighted by Crippen LogP contribution is 2.37. The molecule has 100 valence electrons. The van der Waals surface area contributed by atoms with Crippen LogP contribution in [0, 0.1) is 5.82 Å². The van der Waals surface area contributed by atoms with E-state index in [4.69, 9.17) is 0 Å². The van der Waals surface area contributed by atoms with Gasteiger partial charge in [0.15, 0.2) is 0 Å². The first-order valence-corrected chi connectivity index (χ1v) is 8.29. The van der Waals surface area contributed by atoms with Crippen LogP contribution in [0.15, 0.2) is 34.0 Å². The minimum absolute atomic E-state index is 0.0894. The molecule has 0 amide bonds. The third kappa shape index (κ3) is 2.99. The minimum atomic E-state index is -0.0894. The summed E-state index contributed by atoms with van der Waals surface area (Å²) in [6, 6.07) is 5.65. The zero-order valence-corrected chi connectivity index (χ0v) is 12.1. The van der Waals surface area contributed by atoms with Crippen LogP contribution in [0.1, 0.15) is 23.7 Å². The Bertz CT molecular complexity index is 542. The molecule has 2 aromatic rings. The Balaban J connectivity index is 1.65. The Hall–Kier alpha value is -0.910. The lowest BCUT2D eigenvalue weighted by atomic mass is 10.0. The maximum absolute atomic E-state index is 13.7. The topological polar surface area (TPSA) is 24.9 Å². The lowest BCUT2D eigenvalue weighted by Crippen LogP contribution is -2.27. The van der Waals surface area contributed by atoms with Gasteiger partial charge in [0.2, 0.25) is 0 Å². The van der Waals surface area contributed by atoms with E-state index >= 15 is 0 Å². The average molecular weight is 294 g/mol. The van der Waals surface area contributed by atoms with Gasteiger partial charge in [-0.15, -0.1) is 23.1 Å². The zero-order chi connectivity index (χ0) is 13.1. The molecule has 1 aromatic carbocycles. The summed E-state index contributed by atoms with van der Waals surface area (Å²) in [5, 5.41) is 5.60. The van der Waals surface area contributed by atoms with Crippen molar-refractivity contribution in [3.05, 3.63) is 46.2 Å². The average Bonchev–Trinajstić information content (AvgIpc) is 2.93. The molecule has 0 saturated heterocycles. The van der Waals surface area contributed by atoms with Crippen LogP contribution in [-0.2, 0) is 6.42 Å². The van der Waals surface area contributed by atoms with E-state index in [1.807, 2.05) is 11.6 Å². The number of nitrogens with one attached hydrogen (secondary N) is 1. The Morgan fingerprint density at radius 1 is 1.42 bits per heavy atom. The van der Waals surface area contributed by atoms with Crippen molar-refractivity contribution in [2.75, 3.05) is 12.3 Å².